The Labute approximate surface area is 207 Å². The summed E-state index contributed by atoms with van der Waals surface area (Å²) in [5.74, 6) is -1.46. The highest BCUT2D eigenvalue weighted by Crippen LogP contribution is 2.33. The second kappa shape index (κ2) is 9.31. The summed E-state index contributed by atoms with van der Waals surface area (Å²) in [5.41, 5.74) is 9.86. The number of carbonyl (C=O) groups is 2. The quantitative estimate of drug-likeness (QED) is 0.447. The number of benzene rings is 3. The molecule has 0 radical (unpaired) electrons. The monoisotopic (exact) mass is 481 g/mol. The standard InChI is InChI=1S/C28H24FN5O2/c1-33(2)15-19-6-3-4-9-21(19)17-10-11-22(23(29)13-17)25-27(35)26-24(14-31-25)32-16-34(26)20-8-5-7-18(12-20)28(30)36/h3-14,16,25H,15H2,1-2H3,(H2,30,36). The molecular formula is C28H24FN5O2. The van der Waals surface area contributed by atoms with E-state index in [2.05, 4.69) is 14.9 Å². The number of hydrogen-bond acceptors (Lipinski definition) is 5. The molecule has 0 saturated carbocycles. The van der Waals surface area contributed by atoms with E-state index in [1.54, 1.807) is 34.9 Å². The number of nitrogens with two attached hydrogens (primary N) is 1. The Kier molecular flexibility index (Phi) is 6.03. The summed E-state index contributed by atoms with van der Waals surface area (Å²) in [4.78, 5) is 35.8. The van der Waals surface area contributed by atoms with E-state index < -0.39 is 17.8 Å². The molecule has 0 saturated heterocycles. The number of fused-ring (bicyclic) bond motifs is 1. The van der Waals surface area contributed by atoms with E-state index in [4.69, 9.17) is 5.73 Å². The Balaban J connectivity index is 1.50. The zero-order valence-corrected chi connectivity index (χ0v) is 19.9. The van der Waals surface area contributed by atoms with Crippen LogP contribution >= 0.6 is 0 Å². The van der Waals surface area contributed by atoms with Crippen molar-refractivity contribution < 1.29 is 14.0 Å². The molecule has 1 unspecified atom stereocenters. The molecule has 0 fully saturated rings. The van der Waals surface area contributed by atoms with Crippen molar-refractivity contribution in [3.05, 3.63) is 107 Å². The molecule has 36 heavy (non-hydrogen) atoms. The number of imidazole rings is 1. The van der Waals surface area contributed by atoms with Gasteiger partial charge in [0.15, 0.2) is 0 Å². The van der Waals surface area contributed by atoms with Gasteiger partial charge in [0, 0.05) is 23.4 Å². The highest BCUT2D eigenvalue weighted by atomic mass is 19.1. The fraction of sp³-hybridized carbons (Fsp3) is 0.143. The van der Waals surface area contributed by atoms with Gasteiger partial charge in [-0.05, 0) is 55.1 Å². The van der Waals surface area contributed by atoms with Crippen LogP contribution in [0.15, 0.2) is 78.0 Å². The van der Waals surface area contributed by atoms with Gasteiger partial charge in [0.2, 0.25) is 11.7 Å². The summed E-state index contributed by atoms with van der Waals surface area (Å²) in [5, 5.41) is 0. The lowest BCUT2D eigenvalue weighted by Crippen LogP contribution is -2.21. The lowest BCUT2D eigenvalue weighted by molar-refractivity contribution is 0.0951. The molecule has 0 spiro atoms. The van der Waals surface area contributed by atoms with Gasteiger partial charge in [0.25, 0.3) is 0 Å². The van der Waals surface area contributed by atoms with Crippen LogP contribution in [0.2, 0.25) is 0 Å². The molecule has 2 heterocycles. The minimum absolute atomic E-state index is 0.189. The van der Waals surface area contributed by atoms with Gasteiger partial charge < -0.3 is 10.6 Å². The van der Waals surface area contributed by atoms with E-state index in [0.717, 1.165) is 16.7 Å². The fourth-order valence-electron chi connectivity index (χ4n) is 4.47. The molecule has 3 aromatic carbocycles. The molecule has 7 nitrogen and oxygen atoms in total. The molecule has 0 aliphatic carbocycles. The molecule has 1 aliphatic rings. The van der Waals surface area contributed by atoms with Gasteiger partial charge >= 0.3 is 0 Å². The minimum atomic E-state index is -1.04. The summed E-state index contributed by atoms with van der Waals surface area (Å²) in [6, 6.07) is 18.3. The lowest BCUT2D eigenvalue weighted by atomic mass is 9.93. The van der Waals surface area contributed by atoms with Crippen LogP contribution in [0.4, 0.5) is 4.39 Å². The summed E-state index contributed by atoms with van der Waals surface area (Å²) in [6.45, 7) is 0.717. The number of ketones is 1. The number of carbonyl (C=O) groups excluding carboxylic acids is 2. The number of amides is 1. The van der Waals surface area contributed by atoms with E-state index in [0.29, 0.717) is 23.5 Å². The molecular weight excluding hydrogens is 457 g/mol. The summed E-state index contributed by atoms with van der Waals surface area (Å²) in [6.07, 6.45) is 2.97. The molecule has 1 amide bonds. The number of nitrogens with zero attached hydrogens (tertiary/aromatic N) is 4. The molecule has 1 atom stereocenters. The van der Waals surface area contributed by atoms with Crippen molar-refractivity contribution in [2.45, 2.75) is 12.6 Å². The van der Waals surface area contributed by atoms with Crippen LogP contribution in [0.25, 0.3) is 16.8 Å². The summed E-state index contributed by atoms with van der Waals surface area (Å²) < 4.78 is 17.0. The number of Topliss-reactive ketones (excluding diaryl/α,β-unsaturated/α-hetero) is 1. The smallest absolute Gasteiger partial charge is 0.248 e. The predicted octanol–water partition coefficient (Wildman–Crippen LogP) is 4.20. The second-order valence-electron chi connectivity index (χ2n) is 8.94. The zero-order chi connectivity index (χ0) is 25.4. The van der Waals surface area contributed by atoms with Crippen LogP contribution in [0, 0.1) is 5.82 Å². The Morgan fingerprint density at radius 1 is 1.08 bits per heavy atom. The topological polar surface area (TPSA) is 93.6 Å². The van der Waals surface area contributed by atoms with Crippen LogP contribution in [0.3, 0.4) is 0 Å². The number of rotatable bonds is 6. The van der Waals surface area contributed by atoms with Gasteiger partial charge in [0.1, 0.15) is 29.6 Å². The third-order valence-electron chi connectivity index (χ3n) is 6.14. The zero-order valence-electron chi connectivity index (χ0n) is 19.9. The molecule has 1 aliphatic heterocycles. The number of aromatic nitrogens is 2. The molecule has 5 rings (SSSR count). The van der Waals surface area contributed by atoms with Crippen molar-refractivity contribution in [3.63, 3.8) is 0 Å². The highest BCUT2D eigenvalue weighted by Gasteiger charge is 2.32. The van der Waals surface area contributed by atoms with E-state index in [1.807, 2.05) is 44.4 Å². The van der Waals surface area contributed by atoms with Gasteiger partial charge in [-0.15, -0.1) is 0 Å². The molecule has 0 bridgehead atoms. The second-order valence-corrected chi connectivity index (χ2v) is 8.94. The molecule has 8 heteroatoms. The van der Waals surface area contributed by atoms with Gasteiger partial charge in [-0.3, -0.25) is 19.1 Å². The van der Waals surface area contributed by atoms with Crippen LogP contribution < -0.4 is 5.73 Å². The minimum Gasteiger partial charge on any atom is -0.366 e. The van der Waals surface area contributed by atoms with Crippen LogP contribution in [-0.2, 0) is 6.54 Å². The normalized spacial score (nSPS) is 14.8. The van der Waals surface area contributed by atoms with Crippen molar-refractivity contribution in [3.8, 4) is 16.8 Å². The Morgan fingerprint density at radius 2 is 1.89 bits per heavy atom. The molecule has 1 aromatic heterocycles. The SMILES string of the molecule is CN(C)Cc1ccccc1-c1ccc(C2N=Cc3ncn(-c4cccc(C(N)=O)c4)c3C2=O)c(F)c1. The largest absolute Gasteiger partial charge is 0.366 e. The maximum atomic E-state index is 15.4. The van der Waals surface area contributed by atoms with Gasteiger partial charge in [0.05, 0.1) is 6.21 Å². The maximum Gasteiger partial charge on any atom is 0.248 e. The van der Waals surface area contributed by atoms with Crippen molar-refractivity contribution in [2.24, 2.45) is 10.7 Å². The average molecular weight is 482 g/mol. The molecule has 4 aromatic rings. The number of primary amides is 1. The number of aliphatic imine (C=N–C) groups is 1. The van der Waals surface area contributed by atoms with Crippen LogP contribution in [0.1, 0.15) is 43.7 Å². The van der Waals surface area contributed by atoms with Gasteiger partial charge in [-0.25, -0.2) is 9.37 Å². The Bertz CT molecular complexity index is 1520. The first-order valence-electron chi connectivity index (χ1n) is 11.4. The summed E-state index contributed by atoms with van der Waals surface area (Å²) >= 11 is 0. The predicted molar refractivity (Wildman–Crippen MR) is 136 cm³/mol. The third-order valence-corrected chi connectivity index (χ3v) is 6.14. The van der Waals surface area contributed by atoms with E-state index in [1.165, 1.54) is 18.6 Å². The van der Waals surface area contributed by atoms with E-state index >= 15 is 4.39 Å². The summed E-state index contributed by atoms with van der Waals surface area (Å²) in [7, 11) is 3.96. The number of hydrogen-bond donors (Lipinski definition) is 1. The van der Waals surface area contributed by atoms with Gasteiger partial charge in [-0.2, -0.15) is 0 Å². The first-order valence-corrected chi connectivity index (χ1v) is 11.4. The molecule has 2 N–H and O–H groups in total. The van der Waals surface area contributed by atoms with E-state index in [-0.39, 0.29) is 17.0 Å². The van der Waals surface area contributed by atoms with Crippen LogP contribution in [0.5, 0.6) is 0 Å². The first kappa shape index (κ1) is 23.3. The highest BCUT2D eigenvalue weighted by molar-refractivity contribution is 6.09. The number of halogens is 1. The maximum absolute atomic E-state index is 15.4. The van der Waals surface area contributed by atoms with Crippen LogP contribution in [-0.4, -0.2) is 46.5 Å². The Hall–Kier alpha value is -4.43. The van der Waals surface area contributed by atoms with E-state index in [9.17, 15) is 9.59 Å². The molecule has 180 valence electrons. The Morgan fingerprint density at radius 3 is 2.64 bits per heavy atom. The van der Waals surface area contributed by atoms with Crippen molar-refractivity contribution in [2.75, 3.05) is 14.1 Å². The van der Waals surface area contributed by atoms with Gasteiger partial charge in [-0.1, -0.05) is 42.5 Å². The third kappa shape index (κ3) is 4.23. The average Bonchev–Trinajstić information content (AvgIpc) is 3.30. The van der Waals surface area contributed by atoms with Crippen molar-refractivity contribution >= 4 is 17.9 Å². The lowest BCUT2D eigenvalue weighted by Gasteiger charge is -2.19. The first-order chi connectivity index (χ1) is 17.3. The van der Waals surface area contributed by atoms with Crippen molar-refractivity contribution in [1.82, 2.24) is 14.5 Å². The van der Waals surface area contributed by atoms with Crippen molar-refractivity contribution in [1.29, 1.82) is 0 Å². The fourth-order valence-corrected chi connectivity index (χ4v) is 4.47.